The van der Waals surface area contributed by atoms with Gasteiger partial charge in [0.05, 0.1) is 5.69 Å². The summed E-state index contributed by atoms with van der Waals surface area (Å²) in [5.41, 5.74) is 9.12. The zero-order chi connectivity index (χ0) is 11.7. The molecule has 0 aliphatic carbocycles. The largest absolute Gasteiger partial charge is 0.382 e. The third-order valence-electron chi connectivity index (χ3n) is 2.69. The van der Waals surface area contributed by atoms with Crippen molar-refractivity contribution in [2.24, 2.45) is 0 Å². The number of nitrogens with two attached hydrogens (primary N) is 1. The normalized spacial score (nSPS) is 11.0. The van der Waals surface area contributed by atoms with Gasteiger partial charge in [0.1, 0.15) is 5.82 Å². The summed E-state index contributed by atoms with van der Waals surface area (Å²) >= 11 is 0. The first-order valence-electron chi connectivity index (χ1n) is 5.50. The van der Waals surface area contributed by atoms with E-state index in [2.05, 4.69) is 37.1 Å². The molecule has 0 saturated heterocycles. The molecule has 1 aromatic heterocycles. The van der Waals surface area contributed by atoms with E-state index in [1.807, 2.05) is 23.7 Å². The Kier molecular flexibility index (Phi) is 2.69. The van der Waals surface area contributed by atoms with Crippen molar-refractivity contribution in [1.29, 1.82) is 0 Å². The first-order chi connectivity index (χ1) is 7.58. The SMILES string of the molecule is Cc1cc(N)nn1-c1cccc(C(C)C)c1. The van der Waals surface area contributed by atoms with Gasteiger partial charge >= 0.3 is 0 Å². The molecular formula is C13H17N3. The number of benzene rings is 1. The monoisotopic (exact) mass is 215 g/mol. The summed E-state index contributed by atoms with van der Waals surface area (Å²) in [6, 6.07) is 10.3. The fourth-order valence-corrected chi connectivity index (χ4v) is 1.78. The van der Waals surface area contributed by atoms with Gasteiger partial charge in [0, 0.05) is 11.8 Å². The van der Waals surface area contributed by atoms with E-state index in [9.17, 15) is 0 Å². The maximum Gasteiger partial charge on any atom is 0.146 e. The van der Waals surface area contributed by atoms with E-state index in [0.29, 0.717) is 11.7 Å². The van der Waals surface area contributed by atoms with Crippen LogP contribution in [0.1, 0.15) is 31.0 Å². The fourth-order valence-electron chi connectivity index (χ4n) is 1.78. The highest BCUT2D eigenvalue weighted by Crippen LogP contribution is 2.19. The van der Waals surface area contributed by atoms with Gasteiger partial charge in [-0.15, -0.1) is 0 Å². The number of nitrogens with zero attached hydrogens (tertiary/aromatic N) is 2. The van der Waals surface area contributed by atoms with E-state index in [1.165, 1.54) is 5.56 Å². The van der Waals surface area contributed by atoms with E-state index < -0.39 is 0 Å². The molecule has 0 unspecified atom stereocenters. The number of nitrogen functional groups attached to an aromatic ring is 1. The van der Waals surface area contributed by atoms with Crippen molar-refractivity contribution in [1.82, 2.24) is 9.78 Å². The van der Waals surface area contributed by atoms with E-state index in [1.54, 1.807) is 0 Å². The molecule has 84 valence electrons. The first-order valence-corrected chi connectivity index (χ1v) is 5.50. The molecule has 1 heterocycles. The van der Waals surface area contributed by atoms with Crippen molar-refractivity contribution in [2.45, 2.75) is 26.7 Å². The summed E-state index contributed by atoms with van der Waals surface area (Å²) in [5.74, 6) is 1.08. The smallest absolute Gasteiger partial charge is 0.146 e. The molecule has 2 aromatic rings. The molecule has 0 saturated carbocycles. The summed E-state index contributed by atoms with van der Waals surface area (Å²) < 4.78 is 1.88. The van der Waals surface area contributed by atoms with Gasteiger partial charge in [0.2, 0.25) is 0 Å². The van der Waals surface area contributed by atoms with Crippen LogP contribution < -0.4 is 5.73 Å². The lowest BCUT2D eigenvalue weighted by atomic mass is 10.0. The van der Waals surface area contributed by atoms with Crippen LogP contribution in [0.5, 0.6) is 0 Å². The Labute approximate surface area is 95.9 Å². The van der Waals surface area contributed by atoms with E-state index in [-0.39, 0.29) is 0 Å². The molecule has 0 radical (unpaired) electrons. The highest BCUT2D eigenvalue weighted by atomic mass is 15.3. The molecule has 2 N–H and O–H groups in total. The van der Waals surface area contributed by atoms with Gasteiger partial charge in [-0.2, -0.15) is 5.10 Å². The van der Waals surface area contributed by atoms with Gasteiger partial charge in [-0.25, -0.2) is 4.68 Å². The first kappa shape index (κ1) is 10.7. The zero-order valence-electron chi connectivity index (χ0n) is 9.94. The van der Waals surface area contributed by atoms with Crippen molar-refractivity contribution in [2.75, 3.05) is 5.73 Å². The topological polar surface area (TPSA) is 43.8 Å². The van der Waals surface area contributed by atoms with Gasteiger partial charge < -0.3 is 5.73 Å². The minimum Gasteiger partial charge on any atom is -0.382 e. The predicted octanol–water partition coefficient (Wildman–Crippen LogP) is 2.89. The quantitative estimate of drug-likeness (QED) is 0.837. The molecule has 0 bridgehead atoms. The molecule has 0 aliphatic rings. The Morgan fingerprint density at radius 1 is 1.25 bits per heavy atom. The Bertz CT molecular complexity index is 498. The van der Waals surface area contributed by atoms with Crippen LogP contribution in [-0.4, -0.2) is 9.78 Å². The maximum atomic E-state index is 5.68. The lowest BCUT2D eigenvalue weighted by molar-refractivity contribution is 0.831. The minimum absolute atomic E-state index is 0.521. The molecule has 1 aromatic carbocycles. The molecule has 0 spiro atoms. The lowest BCUT2D eigenvalue weighted by Gasteiger charge is -2.09. The van der Waals surface area contributed by atoms with Crippen LogP contribution in [0, 0.1) is 6.92 Å². The summed E-state index contributed by atoms with van der Waals surface area (Å²) in [5, 5.41) is 4.28. The van der Waals surface area contributed by atoms with Crippen LogP contribution >= 0.6 is 0 Å². The van der Waals surface area contributed by atoms with Gasteiger partial charge in [-0.05, 0) is 30.5 Å². The molecule has 0 fully saturated rings. The average molecular weight is 215 g/mol. The number of anilines is 1. The molecule has 0 atom stereocenters. The van der Waals surface area contributed by atoms with Crippen LogP contribution in [0.15, 0.2) is 30.3 Å². The third kappa shape index (κ3) is 1.94. The minimum atomic E-state index is 0.521. The highest BCUT2D eigenvalue weighted by molar-refractivity contribution is 5.41. The average Bonchev–Trinajstić information content (AvgIpc) is 2.58. The van der Waals surface area contributed by atoms with Crippen LogP contribution in [0.25, 0.3) is 5.69 Å². The molecule has 0 aliphatic heterocycles. The van der Waals surface area contributed by atoms with E-state index >= 15 is 0 Å². The summed E-state index contributed by atoms with van der Waals surface area (Å²) in [6.07, 6.45) is 0. The molecular weight excluding hydrogens is 198 g/mol. The summed E-state index contributed by atoms with van der Waals surface area (Å²) in [7, 11) is 0. The van der Waals surface area contributed by atoms with Gasteiger partial charge in [-0.3, -0.25) is 0 Å². The fraction of sp³-hybridized carbons (Fsp3) is 0.308. The maximum absolute atomic E-state index is 5.68. The molecule has 2 rings (SSSR count). The zero-order valence-corrected chi connectivity index (χ0v) is 9.94. The van der Waals surface area contributed by atoms with Crippen molar-refractivity contribution >= 4 is 5.82 Å². The number of aromatic nitrogens is 2. The second-order valence-corrected chi connectivity index (χ2v) is 4.37. The standard InChI is InChI=1S/C13H17N3/c1-9(2)11-5-4-6-12(8-11)16-10(3)7-13(14)15-16/h4-9H,1-3H3,(H2,14,15). The van der Waals surface area contributed by atoms with E-state index in [4.69, 9.17) is 5.73 Å². The molecule has 3 nitrogen and oxygen atoms in total. The van der Waals surface area contributed by atoms with Gasteiger partial charge in [0.25, 0.3) is 0 Å². The van der Waals surface area contributed by atoms with Gasteiger partial charge in [0.15, 0.2) is 0 Å². The number of aryl methyl sites for hydroxylation is 1. The summed E-state index contributed by atoms with van der Waals surface area (Å²) in [4.78, 5) is 0. The lowest BCUT2D eigenvalue weighted by Crippen LogP contribution is -2.00. The van der Waals surface area contributed by atoms with Crippen LogP contribution in [0.2, 0.25) is 0 Å². The van der Waals surface area contributed by atoms with E-state index in [0.717, 1.165) is 11.4 Å². The Morgan fingerprint density at radius 3 is 2.56 bits per heavy atom. The van der Waals surface area contributed by atoms with Crippen molar-refractivity contribution in [3.63, 3.8) is 0 Å². The Morgan fingerprint density at radius 2 is 2.00 bits per heavy atom. The molecule has 3 heteroatoms. The predicted molar refractivity (Wildman–Crippen MR) is 66.8 cm³/mol. The van der Waals surface area contributed by atoms with Crippen LogP contribution in [0.3, 0.4) is 0 Å². The number of rotatable bonds is 2. The molecule has 16 heavy (non-hydrogen) atoms. The third-order valence-corrected chi connectivity index (χ3v) is 2.69. The molecule has 0 amide bonds. The van der Waals surface area contributed by atoms with Crippen LogP contribution in [-0.2, 0) is 0 Å². The Hall–Kier alpha value is -1.77. The van der Waals surface area contributed by atoms with Gasteiger partial charge in [-0.1, -0.05) is 26.0 Å². The second-order valence-electron chi connectivity index (χ2n) is 4.37. The number of hydrogen-bond acceptors (Lipinski definition) is 2. The van der Waals surface area contributed by atoms with Crippen molar-refractivity contribution in [3.05, 3.63) is 41.6 Å². The Balaban J connectivity index is 2.48. The highest BCUT2D eigenvalue weighted by Gasteiger charge is 2.05. The summed E-state index contributed by atoms with van der Waals surface area (Å²) in [6.45, 7) is 6.37. The van der Waals surface area contributed by atoms with Crippen molar-refractivity contribution < 1.29 is 0 Å². The van der Waals surface area contributed by atoms with Crippen molar-refractivity contribution in [3.8, 4) is 5.69 Å². The number of hydrogen-bond donors (Lipinski definition) is 1. The van der Waals surface area contributed by atoms with Crippen LogP contribution in [0.4, 0.5) is 5.82 Å². The second kappa shape index (κ2) is 4.00.